The van der Waals surface area contributed by atoms with Crippen LogP contribution in [0.5, 0.6) is 0 Å². The quantitative estimate of drug-likeness (QED) is 0.310. The summed E-state index contributed by atoms with van der Waals surface area (Å²) in [6.07, 6.45) is 0. The number of hydrogen-bond donors (Lipinski definition) is 2. The maximum absolute atomic E-state index is 6.96. The van der Waals surface area contributed by atoms with E-state index in [0.717, 1.165) is 0 Å². The van der Waals surface area contributed by atoms with E-state index in [1.807, 2.05) is 0 Å². The first kappa shape index (κ1) is 9.11. The van der Waals surface area contributed by atoms with Gasteiger partial charge in [0.25, 0.3) is 0 Å². The van der Waals surface area contributed by atoms with Crippen LogP contribution in [0.1, 0.15) is 0 Å². The minimum Gasteiger partial charge on any atom is -0.255 e. The Morgan fingerprint density at radius 2 is 1.75 bits per heavy atom. The Morgan fingerprint density at radius 3 is 1.75 bits per heavy atom. The van der Waals surface area contributed by atoms with Crippen LogP contribution in [0.15, 0.2) is 0 Å². The molecule has 0 aromatic carbocycles. The predicted molar refractivity (Wildman–Crippen MR) is 11.0 cm³/mol. The second-order valence-electron chi connectivity index (χ2n) is 0.129. The highest BCUT2D eigenvalue weighted by atomic mass is 17.1. The van der Waals surface area contributed by atoms with Crippen molar-refractivity contribution in [1.82, 2.24) is 0 Å². The molecule has 0 heterocycles. The lowest BCUT2D eigenvalue weighted by molar-refractivity contribution is -0.191. The minimum absolute atomic E-state index is 0. The van der Waals surface area contributed by atoms with Gasteiger partial charge in [-0.1, -0.05) is 0 Å². The van der Waals surface area contributed by atoms with Gasteiger partial charge >= 0.3 is 0 Å². The summed E-state index contributed by atoms with van der Waals surface area (Å²) in [6, 6.07) is 0. The molecule has 0 amide bonds. The van der Waals surface area contributed by atoms with E-state index in [1.54, 1.807) is 0 Å². The third kappa shape index (κ3) is 101. The van der Waals surface area contributed by atoms with E-state index in [1.165, 1.54) is 0 Å². The Kier molecular flexibility index (Phi) is 29.9. The molecule has 3 heteroatoms. The third-order valence-electron chi connectivity index (χ3n) is 0. The highest BCUT2D eigenvalue weighted by Gasteiger charge is 1.28. The summed E-state index contributed by atoms with van der Waals surface area (Å²) >= 11 is 0. The zero-order valence-corrected chi connectivity index (χ0v) is 2.01. The van der Waals surface area contributed by atoms with Gasteiger partial charge in [0, 0.05) is 0 Å². The maximum Gasteiger partial charge on any atom is 0.108 e. The van der Waals surface area contributed by atoms with Crippen molar-refractivity contribution in [3.8, 4) is 0 Å². The van der Waals surface area contributed by atoms with Crippen molar-refractivity contribution >= 4 is 0 Å². The predicted octanol–water partition coefficient (Wildman–Crippen LogP) is 0.0908. The molecule has 0 rings (SSSR count). The Balaban J connectivity index is 0. The molecule has 0 saturated heterocycles. The molecule has 2 radical (unpaired) electrons. The van der Waals surface area contributed by atoms with Gasteiger partial charge in [0.1, 0.15) is 7.11 Å². The van der Waals surface area contributed by atoms with Crippen LogP contribution in [0.3, 0.4) is 0 Å². The maximum atomic E-state index is 6.96. The SMILES string of the molecule is [CH2]OO.[OH]. The van der Waals surface area contributed by atoms with Crippen LogP contribution in [0.2, 0.25) is 0 Å². The zero-order chi connectivity index (χ0) is 2.71. The Hall–Kier alpha value is -0.120. The zero-order valence-electron chi connectivity index (χ0n) is 2.01. The summed E-state index contributed by atoms with van der Waals surface area (Å²) in [4.78, 5) is 3.00. The molecule has 0 saturated carbocycles. The Bertz CT molecular complexity index is 3.25. The van der Waals surface area contributed by atoms with E-state index in [-0.39, 0.29) is 5.48 Å². The third-order valence-corrected chi connectivity index (χ3v) is 0. The second-order valence-corrected chi connectivity index (χ2v) is 0.129. The molecule has 0 aliphatic carbocycles. The smallest absolute Gasteiger partial charge is 0.108 e. The summed E-state index contributed by atoms with van der Waals surface area (Å²) in [6.45, 7) is 0. The largest absolute Gasteiger partial charge is 0.255 e. The van der Waals surface area contributed by atoms with Crippen molar-refractivity contribution in [3.05, 3.63) is 7.11 Å². The van der Waals surface area contributed by atoms with Crippen molar-refractivity contribution in [1.29, 1.82) is 0 Å². The van der Waals surface area contributed by atoms with Gasteiger partial charge in [0.05, 0.1) is 0 Å². The summed E-state index contributed by atoms with van der Waals surface area (Å²) in [5, 5.41) is 6.96. The van der Waals surface area contributed by atoms with Crippen molar-refractivity contribution in [2.24, 2.45) is 0 Å². The highest BCUT2D eigenvalue weighted by Crippen LogP contribution is 1.34. The summed E-state index contributed by atoms with van der Waals surface area (Å²) in [5.41, 5.74) is 0. The standard InChI is InChI=1S/CH3O2.HO/c1-3-2;/h2H,1H2;1H. The van der Waals surface area contributed by atoms with Crippen molar-refractivity contribution in [2.75, 3.05) is 0 Å². The lowest BCUT2D eigenvalue weighted by atomic mass is 11.8. The molecule has 0 unspecified atom stereocenters. The van der Waals surface area contributed by atoms with Crippen LogP contribution < -0.4 is 0 Å². The summed E-state index contributed by atoms with van der Waals surface area (Å²) in [5.74, 6) is 0. The molecule has 0 aliphatic rings. The van der Waals surface area contributed by atoms with Crippen LogP contribution in [-0.2, 0) is 4.89 Å². The van der Waals surface area contributed by atoms with E-state index >= 15 is 0 Å². The molecule has 0 aromatic rings. The van der Waals surface area contributed by atoms with Gasteiger partial charge in [-0.3, -0.25) is 10.7 Å². The molecule has 0 bridgehead atoms. The molecule has 0 spiro atoms. The molecule has 0 fully saturated rings. The highest BCUT2D eigenvalue weighted by molar-refractivity contribution is 3.69. The molecule has 2 N–H and O–H groups in total. The minimum atomic E-state index is 0. The van der Waals surface area contributed by atoms with Crippen LogP contribution in [0.25, 0.3) is 0 Å². The fraction of sp³-hybridized carbons (Fsp3) is 0. The lowest BCUT2D eigenvalue weighted by Crippen LogP contribution is -1.51. The topological polar surface area (TPSA) is 59.5 Å². The molecule has 0 aliphatic heterocycles. The van der Waals surface area contributed by atoms with Gasteiger partial charge in [-0.15, -0.1) is 0 Å². The number of hydrogen-bond acceptors (Lipinski definition) is 2. The molecule has 3 nitrogen and oxygen atoms in total. The van der Waals surface area contributed by atoms with Gasteiger partial charge in [0.2, 0.25) is 0 Å². The average Bonchev–Trinajstić information content (AvgIpc) is 0.918. The average molecular weight is 64.0 g/mol. The van der Waals surface area contributed by atoms with Crippen LogP contribution >= 0.6 is 0 Å². The molecule has 26 valence electrons. The van der Waals surface area contributed by atoms with Crippen molar-refractivity contribution < 1.29 is 15.6 Å². The first-order chi connectivity index (χ1) is 1.41. The van der Waals surface area contributed by atoms with Crippen LogP contribution in [0.4, 0.5) is 0 Å². The first-order valence-electron chi connectivity index (χ1n) is 0.471. The molecule has 0 atom stereocenters. The molecule has 4 heavy (non-hydrogen) atoms. The van der Waals surface area contributed by atoms with Gasteiger partial charge in [-0.05, 0) is 0 Å². The van der Waals surface area contributed by atoms with Crippen molar-refractivity contribution in [3.63, 3.8) is 0 Å². The van der Waals surface area contributed by atoms with Crippen molar-refractivity contribution in [2.45, 2.75) is 0 Å². The fourth-order valence-electron chi connectivity index (χ4n) is 0. The Labute approximate surface area is 24.1 Å². The second kappa shape index (κ2) is 13.1. The van der Waals surface area contributed by atoms with E-state index in [9.17, 15) is 0 Å². The molecular formula is CH4O3. The van der Waals surface area contributed by atoms with E-state index in [4.69, 9.17) is 5.26 Å². The Morgan fingerprint density at radius 1 is 1.75 bits per heavy atom. The van der Waals surface area contributed by atoms with E-state index in [2.05, 4.69) is 12.0 Å². The van der Waals surface area contributed by atoms with Gasteiger partial charge in [-0.2, -0.15) is 0 Å². The van der Waals surface area contributed by atoms with Gasteiger partial charge in [-0.25, -0.2) is 4.89 Å². The van der Waals surface area contributed by atoms with Crippen LogP contribution in [0, 0.1) is 7.11 Å². The van der Waals surface area contributed by atoms with Gasteiger partial charge in [0.15, 0.2) is 0 Å². The molecule has 0 aromatic heterocycles. The summed E-state index contributed by atoms with van der Waals surface area (Å²) in [7, 11) is 2.54. The fourth-order valence-corrected chi connectivity index (χ4v) is 0. The monoisotopic (exact) mass is 64.0 g/mol. The normalized spacial score (nSPS) is 4.50. The molecular weight excluding hydrogens is 60.0 g/mol. The number of rotatable bonds is 0. The summed E-state index contributed by atoms with van der Waals surface area (Å²) < 4.78 is 0. The van der Waals surface area contributed by atoms with Crippen LogP contribution in [-0.4, -0.2) is 10.7 Å². The van der Waals surface area contributed by atoms with Gasteiger partial charge < -0.3 is 0 Å². The first-order valence-corrected chi connectivity index (χ1v) is 0.471. The van der Waals surface area contributed by atoms with E-state index < -0.39 is 0 Å². The van der Waals surface area contributed by atoms with E-state index in [0.29, 0.717) is 0 Å². The lowest BCUT2D eigenvalue weighted by Gasteiger charge is -1.58.